The highest BCUT2D eigenvalue weighted by molar-refractivity contribution is 5.26. The number of benzene rings is 1. The van der Waals surface area contributed by atoms with Crippen LogP contribution in [-0.4, -0.2) is 0 Å². The minimum atomic E-state index is -0.858. The van der Waals surface area contributed by atoms with Gasteiger partial charge in [0.15, 0.2) is 0 Å². The van der Waals surface area contributed by atoms with Crippen molar-refractivity contribution < 1.29 is 4.39 Å². The van der Waals surface area contributed by atoms with Gasteiger partial charge in [-0.05, 0) is 24.0 Å². The van der Waals surface area contributed by atoms with Crippen LogP contribution >= 0.6 is 0 Å². The van der Waals surface area contributed by atoms with Crippen molar-refractivity contribution in [2.75, 3.05) is 0 Å². The number of alkyl halides is 1. The third-order valence-electron chi connectivity index (χ3n) is 2.04. The van der Waals surface area contributed by atoms with E-state index in [0.717, 1.165) is 5.56 Å². The maximum Gasteiger partial charge on any atom is 0.122 e. The zero-order valence-electron chi connectivity index (χ0n) is 7.84. The van der Waals surface area contributed by atoms with Crippen LogP contribution in [-0.2, 0) is 0 Å². The fourth-order valence-electron chi connectivity index (χ4n) is 1.17. The summed E-state index contributed by atoms with van der Waals surface area (Å²) in [5.41, 5.74) is 1.98. The molecule has 0 aliphatic carbocycles. The van der Waals surface area contributed by atoms with Crippen LogP contribution in [0.4, 0.5) is 4.39 Å². The lowest BCUT2D eigenvalue weighted by molar-refractivity contribution is 0.374. The summed E-state index contributed by atoms with van der Waals surface area (Å²) < 4.78 is 12.9. The number of hydrogen-bond donors (Lipinski definition) is 0. The van der Waals surface area contributed by atoms with Gasteiger partial charge in [0, 0.05) is 0 Å². The second-order valence-corrected chi connectivity index (χ2v) is 3.44. The first-order valence-electron chi connectivity index (χ1n) is 4.35. The predicted octanol–water partition coefficient (Wildman–Crippen LogP) is 3.84. The van der Waals surface area contributed by atoms with Crippen LogP contribution in [0.25, 0.3) is 0 Å². The van der Waals surface area contributed by atoms with E-state index in [1.165, 1.54) is 5.56 Å². The summed E-state index contributed by atoms with van der Waals surface area (Å²) in [5, 5.41) is 0. The molecule has 0 aliphatic rings. The summed E-state index contributed by atoms with van der Waals surface area (Å²) in [6, 6.07) is 7.73. The molecule has 0 amide bonds. The fraction of sp³-hybridized carbons (Fsp3) is 0.455. The van der Waals surface area contributed by atoms with E-state index in [4.69, 9.17) is 0 Å². The summed E-state index contributed by atoms with van der Waals surface area (Å²) in [4.78, 5) is 0. The Kier molecular flexibility index (Phi) is 2.85. The van der Waals surface area contributed by atoms with Gasteiger partial charge in [0.1, 0.15) is 6.17 Å². The Balaban J connectivity index is 2.96. The zero-order chi connectivity index (χ0) is 9.14. The van der Waals surface area contributed by atoms with Crippen molar-refractivity contribution in [2.45, 2.75) is 32.9 Å². The molecule has 1 heteroatoms. The first-order chi connectivity index (χ1) is 5.61. The van der Waals surface area contributed by atoms with E-state index in [2.05, 4.69) is 13.8 Å². The van der Waals surface area contributed by atoms with Crippen LogP contribution < -0.4 is 0 Å². The molecule has 1 aromatic rings. The van der Waals surface area contributed by atoms with E-state index in [0.29, 0.717) is 5.92 Å². The number of halogens is 1. The average molecular weight is 166 g/mol. The Hall–Kier alpha value is -0.850. The van der Waals surface area contributed by atoms with Crippen molar-refractivity contribution in [1.82, 2.24) is 0 Å². The van der Waals surface area contributed by atoms with Crippen molar-refractivity contribution in [1.29, 1.82) is 0 Å². The summed E-state index contributed by atoms with van der Waals surface area (Å²) in [6.45, 7) is 5.80. The molecule has 12 heavy (non-hydrogen) atoms. The summed E-state index contributed by atoms with van der Waals surface area (Å²) in [6.07, 6.45) is -0.858. The van der Waals surface area contributed by atoms with Crippen LogP contribution in [0.1, 0.15) is 44.0 Å². The molecule has 0 fully saturated rings. The van der Waals surface area contributed by atoms with Gasteiger partial charge in [-0.2, -0.15) is 0 Å². The van der Waals surface area contributed by atoms with E-state index < -0.39 is 6.17 Å². The molecule has 66 valence electrons. The highest BCUT2D eigenvalue weighted by Gasteiger charge is 2.04. The van der Waals surface area contributed by atoms with E-state index in [1.54, 1.807) is 6.92 Å². The molecule has 0 N–H and O–H groups in total. The molecule has 0 aliphatic heterocycles. The van der Waals surface area contributed by atoms with Gasteiger partial charge < -0.3 is 0 Å². The summed E-state index contributed by atoms with van der Waals surface area (Å²) >= 11 is 0. The highest BCUT2D eigenvalue weighted by Crippen LogP contribution is 2.21. The molecule has 0 bridgehead atoms. The molecule has 0 aromatic heterocycles. The van der Waals surface area contributed by atoms with Crippen LogP contribution in [0.15, 0.2) is 24.3 Å². The van der Waals surface area contributed by atoms with Crippen molar-refractivity contribution in [3.05, 3.63) is 35.4 Å². The van der Waals surface area contributed by atoms with Gasteiger partial charge in [-0.1, -0.05) is 38.1 Å². The van der Waals surface area contributed by atoms with E-state index in [-0.39, 0.29) is 0 Å². The normalized spacial score (nSPS) is 13.4. The molecular formula is C11H15F. The summed E-state index contributed by atoms with van der Waals surface area (Å²) in [5.74, 6) is 0.476. The van der Waals surface area contributed by atoms with E-state index in [9.17, 15) is 4.39 Å². The Bertz CT molecular complexity index is 228. The third-order valence-corrected chi connectivity index (χ3v) is 2.04. The molecule has 1 rings (SSSR count). The Morgan fingerprint density at radius 2 is 1.67 bits per heavy atom. The van der Waals surface area contributed by atoms with Gasteiger partial charge >= 0.3 is 0 Å². The van der Waals surface area contributed by atoms with Crippen molar-refractivity contribution in [2.24, 2.45) is 0 Å². The Morgan fingerprint density at radius 1 is 1.08 bits per heavy atom. The smallest absolute Gasteiger partial charge is 0.122 e. The lowest BCUT2D eigenvalue weighted by Crippen LogP contribution is -1.91. The molecule has 0 saturated heterocycles. The van der Waals surface area contributed by atoms with Crippen molar-refractivity contribution >= 4 is 0 Å². The molecule has 0 radical (unpaired) electrons. The molecule has 0 saturated carbocycles. The summed E-state index contributed by atoms with van der Waals surface area (Å²) in [7, 11) is 0. The number of hydrogen-bond acceptors (Lipinski definition) is 0. The molecule has 1 aromatic carbocycles. The van der Waals surface area contributed by atoms with E-state index in [1.807, 2.05) is 24.3 Å². The molecule has 0 spiro atoms. The van der Waals surface area contributed by atoms with Gasteiger partial charge in [-0.15, -0.1) is 0 Å². The minimum Gasteiger partial charge on any atom is -0.243 e. The van der Waals surface area contributed by atoms with Crippen molar-refractivity contribution in [3.8, 4) is 0 Å². The average Bonchev–Trinajstić information content (AvgIpc) is 2.04. The monoisotopic (exact) mass is 166 g/mol. The van der Waals surface area contributed by atoms with Crippen LogP contribution in [0.5, 0.6) is 0 Å². The van der Waals surface area contributed by atoms with Gasteiger partial charge in [0.05, 0.1) is 0 Å². The standard InChI is InChI=1S/C11H15F/c1-8(2)10-5-4-6-11(7-10)9(3)12/h4-9H,1-3H3. The zero-order valence-corrected chi connectivity index (χ0v) is 7.84. The van der Waals surface area contributed by atoms with Gasteiger partial charge in [0.2, 0.25) is 0 Å². The Labute approximate surface area is 73.4 Å². The minimum absolute atomic E-state index is 0.476. The number of rotatable bonds is 2. The molecule has 1 unspecified atom stereocenters. The second kappa shape index (κ2) is 3.70. The van der Waals surface area contributed by atoms with Crippen LogP contribution in [0, 0.1) is 0 Å². The first kappa shape index (κ1) is 9.24. The van der Waals surface area contributed by atoms with Crippen LogP contribution in [0.3, 0.4) is 0 Å². The predicted molar refractivity (Wildman–Crippen MR) is 50.1 cm³/mol. The lowest BCUT2D eigenvalue weighted by Gasteiger charge is -2.08. The maximum atomic E-state index is 12.9. The van der Waals surface area contributed by atoms with Gasteiger partial charge in [-0.3, -0.25) is 0 Å². The highest BCUT2D eigenvalue weighted by atomic mass is 19.1. The van der Waals surface area contributed by atoms with Gasteiger partial charge in [0.25, 0.3) is 0 Å². The largest absolute Gasteiger partial charge is 0.243 e. The van der Waals surface area contributed by atoms with Crippen molar-refractivity contribution in [3.63, 3.8) is 0 Å². The molecular weight excluding hydrogens is 151 g/mol. The SMILES string of the molecule is CC(C)c1cccc(C(C)F)c1. The topological polar surface area (TPSA) is 0 Å². The molecule has 1 atom stereocenters. The lowest BCUT2D eigenvalue weighted by atomic mass is 10.00. The molecule has 0 nitrogen and oxygen atoms in total. The molecule has 0 heterocycles. The second-order valence-electron chi connectivity index (χ2n) is 3.44. The first-order valence-corrected chi connectivity index (χ1v) is 4.35. The van der Waals surface area contributed by atoms with E-state index >= 15 is 0 Å². The maximum absolute atomic E-state index is 12.9. The Morgan fingerprint density at radius 3 is 2.17 bits per heavy atom. The third kappa shape index (κ3) is 2.07. The quantitative estimate of drug-likeness (QED) is 0.626. The van der Waals surface area contributed by atoms with Crippen LogP contribution in [0.2, 0.25) is 0 Å². The van der Waals surface area contributed by atoms with Gasteiger partial charge in [-0.25, -0.2) is 4.39 Å². The fourth-order valence-corrected chi connectivity index (χ4v) is 1.17.